The summed E-state index contributed by atoms with van der Waals surface area (Å²) in [4.78, 5) is 13.2. The van der Waals surface area contributed by atoms with Crippen molar-refractivity contribution < 1.29 is 22.0 Å². The number of hydrogen-bond donors (Lipinski definition) is 1. The predicted octanol–water partition coefficient (Wildman–Crippen LogP) is 5.06. The summed E-state index contributed by atoms with van der Waals surface area (Å²) in [6.45, 7) is 0.609. The highest BCUT2D eigenvalue weighted by Crippen LogP contribution is 2.30. The molecule has 1 amide bonds. The van der Waals surface area contributed by atoms with Crippen LogP contribution >= 0.6 is 23.1 Å². The lowest BCUT2D eigenvalue weighted by atomic mass is 10.0. The third-order valence-corrected chi connectivity index (χ3v) is 8.54. The molecule has 0 atom stereocenters. The summed E-state index contributed by atoms with van der Waals surface area (Å²) in [5, 5.41) is 4.22. The van der Waals surface area contributed by atoms with E-state index in [4.69, 9.17) is 0 Å². The van der Waals surface area contributed by atoms with Gasteiger partial charge in [0.15, 0.2) is 0 Å². The highest BCUT2D eigenvalue weighted by molar-refractivity contribution is 7.99. The van der Waals surface area contributed by atoms with Gasteiger partial charge in [0.1, 0.15) is 9.77 Å². The van der Waals surface area contributed by atoms with Crippen LogP contribution in [0, 0.1) is 0 Å². The Bertz CT molecular complexity index is 1190. The van der Waals surface area contributed by atoms with Gasteiger partial charge in [-0.3, -0.25) is 4.79 Å². The highest BCUT2D eigenvalue weighted by atomic mass is 32.2. The third kappa shape index (κ3) is 4.82. The van der Waals surface area contributed by atoms with Crippen molar-refractivity contribution in [3.05, 3.63) is 76.0 Å². The quantitative estimate of drug-likeness (QED) is 0.501. The summed E-state index contributed by atoms with van der Waals surface area (Å²) < 4.78 is 52.8. The van der Waals surface area contributed by atoms with Gasteiger partial charge in [-0.2, -0.15) is 13.1 Å². The molecule has 1 aromatic heterocycles. The molecular formula is C21H18F2N2O3S3. The fraction of sp³-hybridized carbons (Fsp3) is 0.190. The van der Waals surface area contributed by atoms with Gasteiger partial charge < -0.3 is 5.32 Å². The number of benzene rings is 2. The molecule has 3 aromatic rings. The molecule has 2 heterocycles. The molecule has 31 heavy (non-hydrogen) atoms. The first-order valence-corrected chi connectivity index (χ1v) is 12.5. The topological polar surface area (TPSA) is 66.5 Å². The first-order valence-electron chi connectivity index (χ1n) is 9.35. The molecule has 1 aliphatic rings. The van der Waals surface area contributed by atoms with E-state index in [1.807, 2.05) is 24.3 Å². The Kier molecular flexibility index (Phi) is 6.42. The molecule has 0 unspecified atom stereocenters. The van der Waals surface area contributed by atoms with Gasteiger partial charge in [-0.05, 0) is 53.3 Å². The number of sulfonamides is 1. The number of alkyl halides is 2. The van der Waals surface area contributed by atoms with Crippen LogP contribution < -0.4 is 5.32 Å². The Hall–Kier alpha value is -2.27. The maximum atomic E-state index is 13.3. The number of amides is 1. The normalized spacial score (nSPS) is 14.4. The average molecular weight is 481 g/mol. The Morgan fingerprint density at radius 2 is 1.77 bits per heavy atom. The smallest absolute Gasteiger partial charge is 0.288 e. The van der Waals surface area contributed by atoms with Crippen molar-refractivity contribution in [2.45, 2.75) is 28.5 Å². The Labute approximate surface area is 187 Å². The summed E-state index contributed by atoms with van der Waals surface area (Å²) in [5.74, 6) is -3.08. The maximum absolute atomic E-state index is 13.3. The molecule has 162 valence electrons. The summed E-state index contributed by atoms with van der Waals surface area (Å²) in [6, 6.07) is 15.1. The fourth-order valence-corrected chi connectivity index (χ4v) is 6.60. The van der Waals surface area contributed by atoms with E-state index in [0.717, 1.165) is 22.5 Å². The molecule has 2 aromatic carbocycles. The van der Waals surface area contributed by atoms with Gasteiger partial charge in [0.2, 0.25) is 10.0 Å². The lowest BCUT2D eigenvalue weighted by Gasteiger charge is -2.28. The molecular weight excluding hydrogens is 462 g/mol. The third-order valence-electron chi connectivity index (χ3n) is 4.89. The molecule has 5 nitrogen and oxygen atoms in total. The molecule has 0 spiro atoms. The van der Waals surface area contributed by atoms with Crippen molar-refractivity contribution in [1.29, 1.82) is 0 Å². The molecule has 4 rings (SSSR count). The van der Waals surface area contributed by atoms with E-state index in [0.29, 0.717) is 35.3 Å². The zero-order valence-electron chi connectivity index (χ0n) is 16.1. The van der Waals surface area contributed by atoms with Crippen molar-refractivity contribution in [2.75, 3.05) is 11.9 Å². The van der Waals surface area contributed by atoms with Gasteiger partial charge >= 0.3 is 0 Å². The number of rotatable bonds is 6. The molecule has 1 N–H and O–H groups in total. The number of carbonyl (C=O) groups is 1. The molecule has 0 saturated heterocycles. The largest absolute Gasteiger partial charge is 0.321 e. The number of thioether (sulfide) groups is 1. The highest BCUT2D eigenvalue weighted by Gasteiger charge is 2.32. The summed E-state index contributed by atoms with van der Waals surface area (Å²) in [5.41, 5.74) is 2.48. The van der Waals surface area contributed by atoms with Crippen LogP contribution in [-0.4, -0.2) is 30.9 Å². The van der Waals surface area contributed by atoms with Gasteiger partial charge in [-0.1, -0.05) is 36.0 Å². The van der Waals surface area contributed by atoms with E-state index in [2.05, 4.69) is 5.32 Å². The molecule has 0 fully saturated rings. The maximum Gasteiger partial charge on any atom is 0.288 e. The summed E-state index contributed by atoms with van der Waals surface area (Å²) in [7, 11) is -3.85. The molecule has 0 radical (unpaired) electrons. The van der Waals surface area contributed by atoms with Crippen LogP contribution in [0.5, 0.6) is 0 Å². The monoisotopic (exact) mass is 480 g/mol. The van der Waals surface area contributed by atoms with E-state index >= 15 is 0 Å². The number of anilines is 1. The molecule has 0 bridgehead atoms. The number of halogens is 2. The van der Waals surface area contributed by atoms with Crippen molar-refractivity contribution in [2.24, 2.45) is 0 Å². The van der Waals surface area contributed by atoms with E-state index in [1.165, 1.54) is 34.6 Å². The van der Waals surface area contributed by atoms with E-state index < -0.39 is 21.7 Å². The predicted molar refractivity (Wildman–Crippen MR) is 118 cm³/mol. The van der Waals surface area contributed by atoms with E-state index in [9.17, 15) is 22.0 Å². The summed E-state index contributed by atoms with van der Waals surface area (Å²) in [6.07, 6.45) is 0.615. The Morgan fingerprint density at radius 1 is 1.06 bits per heavy atom. The van der Waals surface area contributed by atoms with Crippen molar-refractivity contribution in [1.82, 2.24) is 4.31 Å². The minimum absolute atomic E-state index is 0.0285. The number of fused-ring (bicyclic) bond motifs is 1. The minimum Gasteiger partial charge on any atom is -0.321 e. The van der Waals surface area contributed by atoms with E-state index in [-0.39, 0.29) is 16.3 Å². The lowest BCUT2D eigenvalue weighted by Crippen LogP contribution is -2.36. The SMILES string of the molecule is O=C(Nc1ccc(SC(F)F)cc1)c1sccc1S(=O)(=O)N1CCc2ccccc2C1. The van der Waals surface area contributed by atoms with Gasteiger partial charge in [-0.15, -0.1) is 11.3 Å². The number of nitrogens with zero attached hydrogens (tertiary/aromatic N) is 1. The first kappa shape index (κ1) is 21.9. The number of nitrogens with one attached hydrogen (secondary N) is 1. The van der Waals surface area contributed by atoms with Gasteiger partial charge in [0, 0.05) is 23.7 Å². The molecule has 0 saturated carbocycles. The van der Waals surface area contributed by atoms with Crippen LogP contribution in [0.15, 0.2) is 69.8 Å². The standard InChI is InChI=1S/C21H18F2N2O3S3/c22-21(23)30-17-7-5-16(6-8-17)24-20(26)19-18(10-12-29-19)31(27,28)25-11-9-14-3-1-2-4-15(14)13-25/h1-8,10,12,21H,9,11,13H2,(H,24,26). The number of thiophene rings is 1. The molecule has 0 aliphatic carbocycles. The van der Waals surface area contributed by atoms with Gasteiger partial charge in [-0.25, -0.2) is 8.42 Å². The molecule has 10 heteroatoms. The number of carbonyl (C=O) groups excluding carboxylic acids is 1. The zero-order valence-corrected chi connectivity index (χ0v) is 18.6. The van der Waals surface area contributed by atoms with Crippen LogP contribution in [-0.2, 0) is 23.0 Å². The lowest BCUT2D eigenvalue weighted by molar-refractivity contribution is 0.102. The number of hydrogen-bond acceptors (Lipinski definition) is 5. The first-order chi connectivity index (χ1) is 14.8. The Morgan fingerprint density at radius 3 is 2.48 bits per heavy atom. The zero-order chi connectivity index (χ0) is 22.0. The second-order valence-corrected chi connectivity index (χ2v) is 10.7. The minimum atomic E-state index is -3.85. The second-order valence-electron chi connectivity index (χ2n) is 6.83. The van der Waals surface area contributed by atoms with Crippen LogP contribution in [0.25, 0.3) is 0 Å². The van der Waals surface area contributed by atoms with Crippen LogP contribution in [0.3, 0.4) is 0 Å². The van der Waals surface area contributed by atoms with Gasteiger partial charge in [0.05, 0.1) is 0 Å². The fourth-order valence-electron chi connectivity index (χ4n) is 3.39. The average Bonchev–Trinajstić information content (AvgIpc) is 3.25. The van der Waals surface area contributed by atoms with Crippen molar-refractivity contribution in [3.8, 4) is 0 Å². The van der Waals surface area contributed by atoms with Crippen LogP contribution in [0.2, 0.25) is 0 Å². The van der Waals surface area contributed by atoms with E-state index in [1.54, 1.807) is 5.38 Å². The van der Waals surface area contributed by atoms with Crippen molar-refractivity contribution in [3.63, 3.8) is 0 Å². The summed E-state index contributed by atoms with van der Waals surface area (Å²) >= 11 is 1.46. The van der Waals surface area contributed by atoms with Crippen molar-refractivity contribution >= 4 is 44.7 Å². The van der Waals surface area contributed by atoms with Gasteiger partial charge in [0.25, 0.3) is 11.7 Å². The second kappa shape index (κ2) is 9.07. The van der Waals surface area contributed by atoms with Crippen LogP contribution in [0.4, 0.5) is 14.5 Å². The Balaban J connectivity index is 1.52. The van der Waals surface area contributed by atoms with Crippen LogP contribution in [0.1, 0.15) is 20.8 Å². The molecule has 1 aliphatic heterocycles.